The molecule has 1 unspecified atom stereocenters. The van der Waals surface area contributed by atoms with Crippen LogP contribution in [0.2, 0.25) is 0 Å². The van der Waals surface area contributed by atoms with E-state index in [1.165, 1.54) is 11.8 Å². The first-order chi connectivity index (χ1) is 10.8. The molecule has 0 fully saturated rings. The van der Waals surface area contributed by atoms with Crippen LogP contribution in [0.1, 0.15) is 29.0 Å². The van der Waals surface area contributed by atoms with Gasteiger partial charge in [-0.1, -0.05) is 12.1 Å². The van der Waals surface area contributed by atoms with E-state index in [1.807, 2.05) is 25.3 Å². The van der Waals surface area contributed by atoms with E-state index >= 15 is 0 Å². The zero-order chi connectivity index (χ0) is 17.0. The Morgan fingerprint density at radius 3 is 2.39 bits per heavy atom. The molecule has 124 valence electrons. The Kier molecular flexibility index (Phi) is 5.43. The van der Waals surface area contributed by atoms with Gasteiger partial charge in [0, 0.05) is 11.1 Å². The lowest BCUT2D eigenvalue weighted by atomic mass is 10.1. The lowest BCUT2D eigenvalue weighted by molar-refractivity contribution is 0.237. The minimum atomic E-state index is -3.20. The standard InChI is InChI=1S/C16H20N2O3S2/c1-11-8-9-22-15(11)10-17-16(19)18-12(2)13-4-6-14(7-5-13)23(3,20)21/h4-9,12H,10H2,1-3H3,(H2,17,18,19). The third kappa shape index (κ3) is 4.80. The van der Waals surface area contributed by atoms with Gasteiger partial charge < -0.3 is 10.6 Å². The Bertz CT molecular complexity index is 780. The Labute approximate surface area is 140 Å². The van der Waals surface area contributed by atoms with Crippen molar-refractivity contribution < 1.29 is 13.2 Å². The first-order valence-electron chi connectivity index (χ1n) is 7.14. The molecule has 0 aliphatic rings. The number of hydrogen-bond donors (Lipinski definition) is 2. The average molecular weight is 352 g/mol. The van der Waals surface area contributed by atoms with E-state index in [0.717, 1.165) is 10.4 Å². The summed E-state index contributed by atoms with van der Waals surface area (Å²) in [5.74, 6) is 0. The Morgan fingerprint density at radius 1 is 1.22 bits per heavy atom. The summed E-state index contributed by atoms with van der Waals surface area (Å²) >= 11 is 1.61. The fourth-order valence-corrected chi connectivity index (χ4v) is 3.56. The van der Waals surface area contributed by atoms with Crippen LogP contribution in [-0.4, -0.2) is 20.7 Å². The maximum Gasteiger partial charge on any atom is 0.315 e. The van der Waals surface area contributed by atoms with Crippen LogP contribution in [0.15, 0.2) is 40.6 Å². The summed E-state index contributed by atoms with van der Waals surface area (Å²) in [5.41, 5.74) is 2.01. The second kappa shape index (κ2) is 7.14. The van der Waals surface area contributed by atoms with Crippen molar-refractivity contribution in [1.29, 1.82) is 0 Å². The third-order valence-corrected chi connectivity index (χ3v) is 5.68. The van der Waals surface area contributed by atoms with Gasteiger partial charge in [0.15, 0.2) is 9.84 Å². The quantitative estimate of drug-likeness (QED) is 0.868. The molecule has 0 bridgehead atoms. The molecule has 0 aliphatic carbocycles. The highest BCUT2D eigenvalue weighted by Crippen LogP contribution is 2.17. The molecular weight excluding hydrogens is 332 g/mol. The molecule has 2 aromatic rings. The monoisotopic (exact) mass is 352 g/mol. The highest BCUT2D eigenvalue weighted by Gasteiger charge is 2.12. The van der Waals surface area contributed by atoms with Crippen LogP contribution in [-0.2, 0) is 16.4 Å². The molecule has 23 heavy (non-hydrogen) atoms. The molecule has 1 atom stereocenters. The van der Waals surface area contributed by atoms with Crippen LogP contribution in [0.25, 0.3) is 0 Å². The van der Waals surface area contributed by atoms with Gasteiger partial charge in [-0.05, 0) is 48.6 Å². The number of carbonyl (C=O) groups excluding carboxylic acids is 1. The summed E-state index contributed by atoms with van der Waals surface area (Å²) in [5, 5.41) is 7.66. The Morgan fingerprint density at radius 2 is 1.87 bits per heavy atom. The minimum absolute atomic E-state index is 0.215. The molecule has 0 spiro atoms. The first kappa shape index (κ1) is 17.5. The zero-order valence-corrected chi connectivity index (χ0v) is 14.9. The van der Waals surface area contributed by atoms with Crippen LogP contribution >= 0.6 is 11.3 Å². The molecule has 2 amide bonds. The highest BCUT2D eigenvalue weighted by atomic mass is 32.2. The van der Waals surface area contributed by atoms with Gasteiger partial charge in [0.1, 0.15) is 0 Å². The highest BCUT2D eigenvalue weighted by molar-refractivity contribution is 7.90. The van der Waals surface area contributed by atoms with E-state index in [4.69, 9.17) is 0 Å². The van der Waals surface area contributed by atoms with Crippen molar-refractivity contribution in [1.82, 2.24) is 10.6 Å². The van der Waals surface area contributed by atoms with Crippen LogP contribution in [0.3, 0.4) is 0 Å². The Balaban J connectivity index is 1.92. The second-order valence-electron chi connectivity index (χ2n) is 5.42. The van der Waals surface area contributed by atoms with Gasteiger partial charge in [0.05, 0.1) is 17.5 Å². The fourth-order valence-electron chi connectivity index (χ4n) is 2.08. The largest absolute Gasteiger partial charge is 0.333 e. The van der Waals surface area contributed by atoms with Gasteiger partial charge in [0.25, 0.3) is 0 Å². The molecule has 0 aliphatic heterocycles. The second-order valence-corrected chi connectivity index (χ2v) is 8.43. The molecule has 5 nitrogen and oxygen atoms in total. The van der Waals surface area contributed by atoms with Gasteiger partial charge in [-0.25, -0.2) is 13.2 Å². The van der Waals surface area contributed by atoms with Crippen molar-refractivity contribution in [2.24, 2.45) is 0 Å². The molecular formula is C16H20N2O3S2. The zero-order valence-electron chi connectivity index (χ0n) is 13.3. The number of urea groups is 1. The van der Waals surface area contributed by atoms with E-state index in [2.05, 4.69) is 10.6 Å². The van der Waals surface area contributed by atoms with Crippen LogP contribution < -0.4 is 10.6 Å². The van der Waals surface area contributed by atoms with Crippen LogP contribution in [0, 0.1) is 6.92 Å². The number of aryl methyl sites for hydroxylation is 1. The van der Waals surface area contributed by atoms with E-state index in [1.54, 1.807) is 35.6 Å². The first-order valence-corrected chi connectivity index (χ1v) is 9.92. The molecule has 1 aromatic heterocycles. The summed E-state index contributed by atoms with van der Waals surface area (Å²) in [6, 6.07) is 8.08. The number of carbonyl (C=O) groups is 1. The number of thiophene rings is 1. The van der Waals surface area contributed by atoms with Crippen molar-refractivity contribution in [3.63, 3.8) is 0 Å². The number of benzene rings is 1. The predicted octanol–water partition coefficient (Wildman–Crippen LogP) is 3.02. The molecule has 2 rings (SSSR count). The van der Waals surface area contributed by atoms with Crippen molar-refractivity contribution in [2.75, 3.05) is 6.26 Å². The van der Waals surface area contributed by atoms with E-state index in [0.29, 0.717) is 6.54 Å². The number of rotatable bonds is 5. The summed E-state index contributed by atoms with van der Waals surface area (Å²) in [7, 11) is -3.20. The van der Waals surface area contributed by atoms with Gasteiger partial charge in [-0.2, -0.15) is 0 Å². The fraction of sp³-hybridized carbons (Fsp3) is 0.312. The number of nitrogens with one attached hydrogen (secondary N) is 2. The molecule has 7 heteroatoms. The van der Waals surface area contributed by atoms with Crippen molar-refractivity contribution in [2.45, 2.75) is 31.3 Å². The lowest BCUT2D eigenvalue weighted by Gasteiger charge is -2.15. The van der Waals surface area contributed by atoms with Crippen molar-refractivity contribution >= 4 is 27.2 Å². The van der Waals surface area contributed by atoms with E-state index in [-0.39, 0.29) is 17.0 Å². The number of hydrogen-bond acceptors (Lipinski definition) is 4. The smallest absolute Gasteiger partial charge is 0.315 e. The molecule has 1 heterocycles. The maximum absolute atomic E-state index is 11.9. The van der Waals surface area contributed by atoms with E-state index < -0.39 is 9.84 Å². The van der Waals surface area contributed by atoms with Gasteiger partial charge in [-0.15, -0.1) is 11.3 Å². The number of amides is 2. The molecule has 0 saturated heterocycles. The third-order valence-electron chi connectivity index (χ3n) is 3.53. The topological polar surface area (TPSA) is 75.3 Å². The molecule has 0 radical (unpaired) electrons. The summed E-state index contributed by atoms with van der Waals surface area (Å²) in [4.78, 5) is 13.3. The van der Waals surface area contributed by atoms with Crippen LogP contribution in [0.5, 0.6) is 0 Å². The summed E-state index contributed by atoms with van der Waals surface area (Å²) in [6.45, 7) is 4.36. The number of sulfone groups is 1. The summed E-state index contributed by atoms with van der Waals surface area (Å²) < 4.78 is 22.9. The molecule has 2 N–H and O–H groups in total. The van der Waals surface area contributed by atoms with E-state index in [9.17, 15) is 13.2 Å². The minimum Gasteiger partial charge on any atom is -0.333 e. The Hall–Kier alpha value is -1.86. The maximum atomic E-state index is 11.9. The van der Waals surface area contributed by atoms with Crippen molar-refractivity contribution in [3.05, 3.63) is 51.7 Å². The van der Waals surface area contributed by atoms with Gasteiger partial charge in [0.2, 0.25) is 0 Å². The van der Waals surface area contributed by atoms with Gasteiger partial charge >= 0.3 is 6.03 Å². The average Bonchev–Trinajstić information content (AvgIpc) is 2.89. The molecule has 1 aromatic carbocycles. The normalized spacial score (nSPS) is 12.7. The van der Waals surface area contributed by atoms with Gasteiger partial charge in [-0.3, -0.25) is 0 Å². The molecule has 0 saturated carbocycles. The SMILES string of the molecule is Cc1ccsc1CNC(=O)NC(C)c1ccc(S(C)(=O)=O)cc1. The van der Waals surface area contributed by atoms with Crippen LogP contribution in [0.4, 0.5) is 4.79 Å². The van der Waals surface area contributed by atoms with Crippen molar-refractivity contribution in [3.8, 4) is 0 Å². The summed E-state index contributed by atoms with van der Waals surface area (Å²) in [6.07, 6.45) is 1.17. The lowest BCUT2D eigenvalue weighted by Crippen LogP contribution is -2.36. The predicted molar refractivity (Wildman–Crippen MR) is 92.4 cm³/mol.